The van der Waals surface area contributed by atoms with Gasteiger partial charge in [-0.05, 0) is 34.5 Å². The number of carbonyl (C=O) groups is 1. The van der Waals surface area contributed by atoms with E-state index in [1.54, 1.807) is 6.07 Å². The molecule has 0 atom stereocenters. The van der Waals surface area contributed by atoms with Gasteiger partial charge >= 0.3 is 5.97 Å². The number of methoxy groups -OCH3 is 1. The standard InChI is InChI=1S/C9H7Br2ClO2/c1-4-6(10)3-5(9(13)14-2)7(11)8(4)12/h3H,1-2H3. The predicted octanol–water partition coefficient (Wildman–Crippen LogP) is 3.96. The van der Waals surface area contributed by atoms with Crippen molar-refractivity contribution >= 4 is 49.4 Å². The molecule has 0 spiro atoms. The number of esters is 1. The summed E-state index contributed by atoms with van der Waals surface area (Å²) in [4.78, 5) is 11.3. The number of rotatable bonds is 1. The van der Waals surface area contributed by atoms with Crippen LogP contribution in [0, 0.1) is 6.92 Å². The first-order valence-electron chi connectivity index (χ1n) is 3.71. The van der Waals surface area contributed by atoms with E-state index in [0.29, 0.717) is 15.1 Å². The minimum absolute atomic E-state index is 0.412. The first kappa shape index (κ1) is 12.0. The van der Waals surface area contributed by atoms with Gasteiger partial charge in [0.25, 0.3) is 0 Å². The average molecular weight is 342 g/mol. The topological polar surface area (TPSA) is 26.3 Å². The fraction of sp³-hybridized carbons (Fsp3) is 0.222. The average Bonchev–Trinajstić information content (AvgIpc) is 2.19. The molecule has 0 aliphatic heterocycles. The molecular weight excluding hydrogens is 335 g/mol. The molecule has 0 aliphatic carbocycles. The van der Waals surface area contributed by atoms with Crippen LogP contribution in [-0.4, -0.2) is 13.1 Å². The highest BCUT2D eigenvalue weighted by Gasteiger charge is 2.16. The first-order chi connectivity index (χ1) is 6.49. The van der Waals surface area contributed by atoms with Gasteiger partial charge in [-0.3, -0.25) is 0 Å². The molecule has 0 saturated heterocycles. The summed E-state index contributed by atoms with van der Waals surface area (Å²) in [5, 5.41) is 0.514. The normalized spacial score (nSPS) is 10.1. The lowest BCUT2D eigenvalue weighted by atomic mass is 10.1. The highest BCUT2D eigenvalue weighted by Crippen LogP contribution is 2.34. The van der Waals surface area contributed by atoms with Crippen molar-refractivity contribution in [3.8, 4) is 0 Å². The molecule has 14 heavy (non-hydrogen) atoms. The van der Waals surface area contributed by atoms with E-state index in [4.69, 9.17) is 11.6 Å². The Kier molecular flexibility index (Phi) is 3.98. The van der Waals surface area contributed by atoms with Crippen LogP contribution < -0.4 is 0 Å². The maximum absolute atomic E-state index is 11.3. The monoisotopic (exact) mass is 340 g/mol. The van der Waals surface area contributed by atoms with Crippen molar-refractivity contribution in [3.05, 3.63) is 31.2 Å². The van der Waals surface area contributed by atoms with E-state index in [0.717, 1.165) is 10.0 Å². The van der Waals surface area contributed by atoms with Gasteiger partial charge in [-0.15, -0.1) is 0 Å². The smallest absolute Gasteiger partial charge is 0.339 e. The summed E-state index contributed by atoms with van der Waals surface area (Å²) in [6, 6.07) is 1.68. The highest BCUT2D eigenvalue weighted by molar-refractivity contribution is 9.11. The Balaban J connectivity index is 3.40. The molecule has 1 rings (SSSR count). The number of ether oxygens (including phenoxy) is 1. The summed E-state index contributed by atoms with van der Waals surface area (Å²) < 4.78 is 5.96. The Hall–Kier alpha value is -0.0600. The fourth-order valence-corrected chi connectivity index (χ4v) is 2.26. The molecule has 76 valence electrons. The third-order valence-corrected chi connectivity index (χ3v) is 4.14. The largest absolute Gasteiger partial charge is 0.465 e. The third-order valence-electron chi connectivity index (χ3n) is 1.79. The number of halogens is 3. The van der Waals surface area contributed by atoms with E-state index in [1.807, 2.05) is 6.92 Å². The van der Waals surface area contributed by atoms with Gasteiger partial charge in [-0.2, -0.15) is 0 Å². The van der Waals surface area contributed by atoms with E-state index in [2.05, 4.69) is 36.6 Å². The van der Waals surface area contributed by atoms with Gasteiger partial charge in [0.2, 0.25) is 0 Å². The van der Waals surface area contributed by atoms with Crippen molar-refractivity contribution in [1.29, 1.82) is 0 Å². The van der Waals surface area contributed by atoms with Crippen LogP contribution in [0.3, 0.4) is 0 Å². The molecule has 0 radical (unpaired) electrons. The van der Waals surface area contributed by atoms with Crippen molar-refractivity contribution in [2.45, 2.75) is 6.92 Å². The van der Waals surface area contributed by atoms with E-state index < -0.39 is 5.97 Å². The number of hydrogen-bond donors (Lipinski definition) is 0. The summed E-state index contributed by atoms with van der Waals surface area (Å²) in [7, 11) is 1.33. The molecule has 0 fully saturated rings. The molecule has 0 heterocycles. The molecule has 0 unspecified atom stereocenters. The van der Waals surface area contributed by atoms with Crippen molar-refractivity contribution in [3.63, 3.8) is 0 Å². The molecule has 0 saturated carbocycles. The molecule has 0 aliphatic rings. The van der Waals surface area contributed by atoms with Gasteiger partial charge in [0, 0.05) is 4.47 Å². The molecule has 0 aromatic heterocycles. The Bertz CT molecular complexity index is 391. The van der Waals surface area contributed by atoms with Gasteiger partial charge in [-0.1, -0.05) is 27.5 Å². The van der Waals surface area contributed by atoms with E-state index in [9.17, 15) is 4.79 Å². The number of hydrogen-bond acceptors (Lipinski definition) is 2. The zero-order valence-corrected chi connectivity index (χ0v) is 11.5. The molecule has 0 N–H and O–H groups in total. The van der Waals surface area contributed by atoms with E-state index in [-0.39, 0.29) is 0 Å². The number of carbonyl (C=O) groups excluding carboxylic acids is 1. The zero-order chi connectivity index (χ0) is 10.9. The maximum Gasteiger partial charge on any atom is 0.339 e. The molecule has 0 bridgehead atoms. The van der Waals surface area contributed by atoms with E-state index in [1.165, 1.54) is 7.11 Å². The molecular formula is C9H7Br2ClO2. The lowest BCUT2D eigenvalue weighted by molar-refractivity contribution is 0.0599. The lowest BCUT2D eigenvalue weighted by Gasteiger charge is -2.08. The summed E-state index contributed by atoms with van der Waals surface area (Å²) in [6.07, 6.45) is 0. The van der Waals surface area contributed by atoms with Crippen LogP contribution in [0.5, 0.6) is 0 Å². The maximum atomic E-state index is 11.3. The van der Waals surface area contributed by atoms with Gasteiger partial charge in [-0.25, -0.2) is 4.79 Å². The summed E-state index contributed by atoms with van der Waals surface area (Å²) >= 11 is 12.6. The van der Waals surface area contributed by atoms with E-state index >= 15 is 0 Å². The summed E-state index contributed by atoms with van der Waals surface area (Å²) in [6.45, 7) is 1.86. The first-order valence-corrected chi connectivity index (χ1v) is 5.67. The lowest BCUT2D eigenvalue weighted by Crippen LogP contribution is -2.03. The van der Waals surface area contributed by atoms with Gasteiger partial charge in [0.1, 0.15) is 0 Å². The molecule has 1 aromatic rings. The van der Waals surface area contributed by atoms with Crippen molar-refractivity contribution in [2.75, 3.05) is 7.11 Å². The third kappa shape index (κ3) is 2.12. The van der Waals surface area contributed by atoms with Crippen LogP contribution >= 0.6 is 43.5 Å². The van der Waals surface area contributed by atoms with Gasteiger partial charge in [0.05, 0.1) is 22.2 Å². The van der Waals surface area contributed by atoms with Gasteiger partial charge in [0.15, 0.2) is 0 Å². The van der Waals surface area contributed by atoms with Crippen LogP contribution in [-0.2, 0) is 4.74 Å². The minimum atomic E-state index is -0.417. The van der Waals surface area contributed by atoms with Crippen LogP contribution in [0.2, 0.25) is 5.02 Å². The highest BCUT2D eigenvalue weighted by atomic mass is 79.9. The Morgan fingerprint density at radius 3 is 2.57 bits per heavy atom. The summed E-state index contributed by atoms with van der Waals surface area (Å²) in [5.74, 6) is -0.417. The molecule has 5 heteroatoms. The van der Waals surface area contributed by atoms with Crippen LogP contribution in [0.4, 0.5) is 0 Å². The van der Waals surface area contributed by atoms with Crippen molar-refractivity contribution < 1.29 is 9.53 Å². The summed E-state index contributed by atoms with van der Waals surface area (Å²) in [5.41, 5.74) is 1.29. The number of benzene rings is 1. The molecule has 0 amide bonds. The van der Waals surface area contributed by atoms with Crippen LogP contribution in [0.1, 0.15) is 15.9 Å². The fourth-order valence-electron chi connectivity index (χ4n) is 0.945. The quantitative estimate of drug-likeness (QED) is 0.570. The van der Waals surface area contributed by atoms with Gasteiger partial charge < -0.3 is 4.74 Å². The second kappa shape index (κ2) is 4.64. The van der Waals surface area contributed by atoms with Crippen LogP contribution in [0.15, 0.2) is 15.0 Å². The zero-order valence-electron chi connectivity index (χ0n) is 7.53. The van der Waals surface area contributed by atoms with Crippen molar-refractivity contribution in [2.24, 2.45) is 0 Å². The minimum Gasteiger partial charge on any atom is -0.465 e. The predicted molar refractivity (Wildman–Crippen MR) is 62.9 cm³/mol. The Morgan fingerprint density at radius 1 is 1.50 bits per heavy atom. The Labute approximate surface area is 104 Å². The second-order valence-electron chi connectivity index (χ2n) is 2.65. The molecule has 1 aromatic carbocycles. The second-order valence-corrected chi connectivity index (χ2v) is 4.68. The Morgan fingerprint density at radius 2 is 2.07 bits per heavy atom. The van der Waals surface area contributed by atoms with Crippen LogP contribution in [0.25, 0.3) is 0 Å². The molecule has 2 nitrogen and oxygen atoms in total. The SMILES string of the molecule is COC(=O)c1cc(Br)c(C)c(Cl)c1Br. The van der Waals surface area contributed by atoms with Crippen molar-refractivity contribution in [1.82, 2.24) is 0 Å².